The zero-order valence-corrected chi connectivity index (χ0v) is 10.5. The van der Waals surface area contributed by atoms with Crippen LogP contribution in [0, 0.1) is 0 Å². The van der Waals surface area contributed by atoms with E-state index in [4.69, 9.17) is 4.74 Å². The van der Waals surface area contributed by atoms with Gasteiger partial charge in [0, 0.05) is 0 Å². The van der Waals surface area contributed by atoms with E-state index in [0.717, 1.165) is 19.1 Å². The third-order valence-corrected chi connectivity index (χ3v) is 1.94. The van der Waals surface area contributed by atoms with Gasteiger partial charge in [0.2, 0.25) is 0 Å². The summed E-state index contributed by atoms with van der Waals surface area (Å²) in [6.45, 7) is 8.03. The lowest BCUT2D eigenvalue weighted by Gasteiger charge is -2.20. The van der Waals surface area contributed by atoms with Crippen molar-refractivity contribution in [3.63, 3.8) is 0 Å². The molecule has 0 heterocycles. The number of rotatable bonds is 7. The van der Waals surface area contributed by atoms with Crippen LogP contribution in [-0.4, -0.2) is 11.9 Å². The van der Waals surface area contributed by atoms with Gasteiger partial charge in [0.15, 0.2) is 12.0 Å². The average molecular weight is 212 g/mol. The van der Waals surface area contributed by atoms with Crippen molar-refractivity contribution in [1.29, 1.82) is 0 Å². The van der Waals surface area contributed by atoms with Crippen LogP contribution in [-0.2, 0) is 9.53 Å². The van der Waals surface area contributed by atoms with Gasteiger partial charge in [-0.15, -0.1) is 0 Å². The van der Waals surface area contributed by atoms with E-state index in [9.17, 15) is 4.79 Å². The largest absolute Gasteiger partial charge is 0.485 e. The van der Waals surface area contributed by atoms with Crippen molar-refractivity contribution in [3.8, 4) is 0 Å². The summed E-state index contributed by atoms with van der Waals surface area (Å²) in [7, 11) is 0. The summed E-state index contributed by atoms with van der Waals surface area (Å²) >= 11 is 0. The molecule has 0 aromatic carbocycles. The fourth-order valence-corrected chi connectivity index (χ4v) is 1.28. The van der Waals surface area contributed by atoms with E-state index in [0.29, 0.717) is 5.76 Å². The van der Waals surface area contributed by atoms with Gasteiger partial charge in [-0.1, -0.05) is 26.2 Å². The van der Waals surface area contributed by atoms with Gasteiger partial charge >= 0.3 is 0 Å². The number of hydrogen-bond donors (Lipinski definition) is 0. The molecular formula is C13H24O2. The number of ether oxygens (including phenoxy) is 1. The molecule has 0 aliphatic heterocycles. The Morgan fingerprint density at radius 2 is 1.87 bits per heavy atom. The molecule has 0 saturated heterocycles. The van der Waals surface area contributed by atoms with Gasteiger partial charge in [-0.2, -0.15) is 0 Å². The van der Waals surface area contributed by atoms with Crippen LogP contribution in [0.5, 0.6) is 0 Å². The highest BCUT2D eigenvalue weighted by Gasteiger charge is 2.12. The lowest BCUT2D eigenvalue weighted by Crippen LogP contribution is -2.19. The first-order valence-corrected chi connectivity index (χ1v) is 5.84. The lowest BCUT2D eigenvalue weighted by atomic mass is 10.1. The molecule has 0 unspecified atom stereocenters. The van der Waals surface area contributed by atoms with Crippen LogP contribution in [0.3, 0.4) is 0 Å². The molecule has 0 N–H and O–H groups in total. The van der Waals surface area contributed by atoms with Crippen molar-refractivity contribution in [3.05, 3.63) is 11.8 Å². The molecule has 2 heteroatoms. The van der Waals surface area contributed by atoms with Crippen LogP contribution in [0.2, 0.25) is 0 Å². The third kappa shape index (κ3) is 9.51. The van der Waals surface area contributed by atoms with Crippen molar-refractivity contribution in [2.24, 2.45) is 0 Å². The number of carbonyl (C=O) groups is 1. The molecule has 0 aliphatic rings. The minimum atomic E-state index is -0.282. The zero-order chi connectivity index (χ0) is 11.7. The van der Waals surface area contributed by atoms with Gasteiger partial charge in [-0.25, -0.2) is 0 Å². The maximum Gasteiger partial charge on any atom is 0.184 e. The Morgan fingerprint density at radius 3 is 2.33 bits per heavy atom. The zero-order valence-electron chi connectivity index (χ0n) is 10.5. The highest BCUT2D eigenvalue weighted by molar-refractivity contribution is 5.70. The van der Waals surface area contributed by atoms with E-state index in [1.807, 2.05) is 26.8 Å². The van der Waals surface area contributed by atoms with Gasteiger partial charge in [-0.05, 0) is 39.7 Å². The Balaban J connectivity index is 3.85. The van der Waals surface area contributed by atoms with E-state index in [-0.39, 0.29) is 5.60 Å². The van der Waals surface area contributed by atoms with Crippen molar-refractivity contribution in [2.45, 2.75) is 65.4 Å². The highest BCUT2D eigenvalue weighted by Crippen LogP contribution is 2.13. The maximum atomic E-state index is 10.7. The van der Waals surface area contributed by atoms with E-state index >= 15 is 0 Å². The monoisotopic (exact) mass is 212 g/mol. The van der Waals surface area contributed by atoms with Gasteiger partial charge in [0.1, 0.15) is 5.60 Å². The van der Waals surface area contributed by atoms with E-state index in [2.05, 4.69) is 6.92 Å². The Kier molecular flexibility index (Phi) is 7.10. The summed E-state index contributed by atoms with van der Waals surface area (Å²) in [6, 6.07) is 0. The number of carbonyl (C=O) groups excluding carboxylic acids is 1. The molecule has 15 heavy (non-hydrogen) atoms. The minimum Gasteiger partial charge on any atom is -0.485 e. The molecule has 0 aromatic rings. The molecule has 0 amide bonds. The van der Waals surface area contributed by atoms with Crippen molar-refractivity contribution in [2.75, 3.05) is 0 Å². The summed E-state index contributed by atoms with van der Waals surface area (Å²) in [5.41, 5.74) is -0.282. The van der Waals surface area contributed by atoms with Gasteiger partial charge < -0.3 is 4.74 Å². The minimum absolute atomic E-state index is 0.282. The Hall–Kier alpha value is -0.790. The average Bonchev–Trinajstić information content (AvgIpc) is 2.14. The summed E-state index contributed by atoms with van der Waals surface area (Å²) in [4.78, 5) is 10.7. The highest BCUT2D eigenvalue weighted by atomic mass is 16.5. The first-order valence-electron chi connectivity index (χ1n) is 5.84. The molecule has 2 nitrogen and oxygen atoms in total. The van der Waals surface area contributed by atoms with Crippen LogP contribution in [0.25, 0.3) is 0 Å². The fraction of sp³-hybridized carbons (Fsp3) is 0.769. The summed E-state index contributed by atoms with van der Waals surface area (Å²) in [6.07, 6.45) is 8.50. The Labute approximate surface area is 93.7 Å². The maximum absolute atomic E-state index is 10.7. The van der Waals surface area contributed by atoms with Crippen LogP contribution >= 0.6 is 0 Å². The third-order valence-electron chi connectivity index (χ3n) is 1.94. The second-order valence-corrected chi connectivity index (χ2v) is 4.79. The van der Waals surface area contributed by atoms with Gasteiger partial charge in [0.05, 0.1) is 0 Å². The van der Waals surface area contributed by atoms with E-state index < -0.39 is 0 Å². The predicted octanol–water partition coefficient (Wildman–Crippen LogP) is 3.85. The predicted molar refractivity (Wildman–Crippen MR) is 63.7 cm³/mol. The van der Waals surface area contributed by atoms with Crippen LogP contribution in [0.15, 0.2) is 11.8 Å². The smallest absolute Gasteiger partial charge is 0.184 e. The van der Waals surface area contributed by atoms with Gasteiger partial charge in [0.25, 0.3) is 0 Å². The number of hydrogen-bond acceptors (Lipinski definition) is 2. The molecule has 88 valence electrons. The standard InChI is InChI=1S/C13H24O2/c1-5-6-7-8-9-10-12(11-14)15-13(2,3)4/h10-11H,5-9H2,1-4H3/b12-10-. The van der Waals surface area contributed by atoms with Crippen molar-refractivity contribution < 1.29 is 9.53 Å². The lowest BCUT2D eigenvalue weighted by molar-refractivity contribution is -0.110. The second kappa shape index (κ2) is 7.49. The molecular weight excluding hydrogens is 188 g/mol. The quantitative estimate of drug-likeness (QED) is 0.277. The number of unbranched alkanes of at least 4 members (excludes halogenated alkanes) is 4. The van der Waals surface area contributed by atoms with Crippen molar-refractivity contribution >= 4 is 6.29 Å². The first-order chi connectivity index (χ1) is 6.99. The number of aldehydes is 1. The molecule has 0 atom stereocenters. The molecule has 0 rings (SSSR count). The van der Waals surface area contributed by atoms with Crippen LogP contribution in [0.4, 0.5) is 0 Å². The summed E-state index contributed by atoms with van der Waals surface area (Å²) in [5.74, 6) is 0.471. The molecule has 0 spiro atoms. The number of allylic oxidation sites excluding steroid dienone is 2. The Bertz CT molecular complexity index is 199. The van der Waals surface area contributed by atoms with Crippen LogP contribution < -0.4 is 0 Å². The Morgan fingerprint density at radius 1 is 1.20 bits per heavy atom. The normalized spacial score (nSPS) is 12.7. The molecule has 0 aliphatic carbocycles. The molecule has 0 fully saturated rings. The van der Waals surface area contributed by atoms with Gasteiger partial charge in [-0.3, -0.25) is 4.79 Å². The first kappa shape index (κ1) is 14.2. The van der Waals surface area contributed by atoms with Crippen molar-refractivity contribution in [1.82, 2.24) is 0 Å². The fourth-order valence-electron chi connectivity index (χ4n) is 1.28. The molecule has 0 saturated carbocycles. The molecule has 0 bridgehead atoms. The summed E-state index contributed by atoms with van der Waals surface area (Å²) in [5, 5.41) is 0. The second-order valence-electron chi connectivity index (χ2n) is 4.79. The summed E-state index contributed by atoms with van der Waals surface area (Å²) < 4.78 is 5.49. The van der Waals surface area contributed by atoms with E-state index in [1.54, 1.807) is 0 Å². The van der Waals surface area contributed by atoms with E-state index in [1.165, 1.54) is 19.3 Å². The van der Waals surface area contributed by atoms with Crippen LogP contribution in [0.1, 0.15) is 59.8 Å². The topological polar surface area (TPSA) is 26.3 Å². The molecule has 0 radical (unpaired) electrons. The SMILES string of the molecule is CCCCCC/C=C(/C=O)OC(C)(C)C. The molecule has 0 aromatic heterocycles.